The van der Waals surface area contributed by atoms with Crippen molar-refractivity contribution in [1.82, 2.24) is 24.7 Å². The number of aromatic nitrogens is 2. The minimum Gasteiger partial charge on any atom is -0.371 e. The van der Waals surface area contributed by atoms with Gasteiger partial charge in [-0.05, 0) is 115 Å². The van der Waals surface area contributed by atoms with E-state index in [0.717, 1.165) is 97.6 Å². The van der Waals surface area contributed by atoms with Gasteiger partial charge in [0.2, 0.25) is 11.8 Å². The van der Waals surface area contributed by atoms with Gasteiger partial charge in [-0.15, -0.1) is 0 Å². The number of piperidine rings is 2. The number of nitrogens with zero attached hydrogens (tertiary/aromatic N) is 5. The van der Waals surface area contributed by atoms with Crippen LogP contribution in [0.1, 0.15) is 101 Å². The van der Waals surface area contributed by atoms with Crippen LogP contribution in [-0.4, -0.2) is 81.7 Å². The molecule has 1 aromatic heterocycles. The highest BCUT2D eigenvalue weighted by Gasteiger charge is 2.48. The summed E-state index contributed by atoms with van der Waals surface area (Å²) < 4.78 is 3.06. The molecule has 6 heterocycles. The molecule has 1 atom stereocenters. The Labute approximate surface area is 320 Å². The smallest absolute Gasteiger partial charge is 0.281 e. The molecule has 1 aliphatic carbocycles. The van der Waals surface area contributed by atoms with Gasteiger partial charge in [0.25, 0.3) is 17.4 Å². The molecule has 11 nitrogen and oxygen atoms in total. The third kappa shape index (κ3) is 5.16. The number of nitrogens with one attached hydrogen (secondary N) is 1. The molecular formula is C42H41BrN6O5. The van der Waals surface area contributed by atoms with E-state index in [1.54, 1.807) is 12.1 Å². The molecule has 4 amide bonds. The van der Waals surface area contributed by atoms with E-state index in [2.05, 4.69) is 59.9 Å². The third-order valence-corrected chi connectivity index (χ3v) is 13.8. The van der Waals surface area contributed by atoms with Gasteiger partial charge < -0.3 is 9.80 Å². The molecule has 3 aromatic carbocycles. The van der Waals surface area contributed by atoms with Crippen LogP contribution in [0.2, 0.25) is 0 Å². The number of carbonyl (C=O) groups excluding carboxylic acids is 4. The maximum atomic E-state index is 13.4. The average Bonchev–Trinajstić information content (AvgIpc) is 3.56. The third-order valence-electron chi connectivity index (χ3n) is 13.1. The van der Waals surface area contributed by atoms with Gasteiger partial charge in [-0.3, -0.25) is 38.8 Å². The maximum Gasteiger partial charge on any atom is 0.281 e. The second-order valence-corrected chi connectivity index (χ2v) is 17.0. The molecule has 4 fully saturated rings. The van der Waals surface area contributed by atoms with Crippen LogP contribution in [-0.2, 0) is 15.0 Å². The highest BCUT2D eigenvalue weighted by Crippen LogP contribution is 2.52. The minimum absolute atomic E-state index is 0.102. The number of halogens is 1. The minimum atomic E-state index is -0.961. The normalized spacial score (nSPS) is 22.8. The van der Waals surface area contributed by atoms with Crippen molar-refractivity contribution in [3.63, 3.8) is 0 Å². The second kappa shape index (κ2) is 12.7. The quantitative estimate of drug-likeness (QED) is 0.266. The van der Waals surface area contributed by atoms with Crippen molar-refractivity contribution in [3.05, 3.63) is 97.5 Å². The Morgan fingerprint density at radius 2 is 1.63 bits per heavy atom. The Hall–Kier alpha value is -4.68. The van der Waals surface area contributed by atoms with Crippen LogP contribution >= 0.6 is 15.9 Å². The predicted molar refractivity (Wildman–Crippen MR) is 206 cm³/mol. The lowest BCUT2D eigenvalue weighted by atomic mass is 9.69. The SMILES string of the molecule is O=C1CCC(N2C(=O)c3ccc(N4CC(CN5CCC(c6ccc7c(c6)C6(CCCCC6)c6nc(=O)c8c(Br)cccc8n6-7)CC5)C4)cc3C2=O)C(=O)N1. The van der Waals surface area contributed by atoms with Crippen LogP contribution < -0.4 is 15.8 Å². The monoisotopic (exact) mass is 788 g/mol. The fourth-order valence-corrected chi connectivity index (χ4v) is 10.8. The standard InChI is InChI=1S/C42H41BrN6O5/c43-31-5-4-6-33-36(31)38(52)45-41-42(15-2-1-3-16-42)30-19-26(7-10-32(30)48(33)41)25-13-17-46(18-14-25)21-24-22-47(23-24)27-8-9-28-29(20-27)40(54)49(39(28)53)34-11-12-35(50)44-37(34)51/h4-10,19-20,24-25,34H,1-3,11-18,21-23H2,(H,44,50,51). The summed E-state index contributed by atoms with van der Waals surface area (Å²) >= 11 is 3.62. The summed E-state index contributed by atoms with van der Waals surface area (Å²) in [5, 5.41) is 2.89. The number of hydrogen-bond acceptors (Lipinski definition) is 8. The highest BCUT2D eigenvalue weighted by molar-refractivity contribution is 9.10. The van der Waals surface area contributed by atoms with E-state index in [4.69, 9.17) is 4.98 Å². The van der Waals surface area contributed by atoms with Crippen molar-refractivity contribution < 1.29 is 19.2 Å². The first-order valence-electron chi connectivity index (χ1n) is 19.4. The number of benzene rings is 3. The van der Waals surface area contributed by atoms with E-state index in [1.807, 2.05) is 18.2 Å². The summed E-state index contributed by atoms with van der Waals surface area (Å²) in [6, 6.07) is 17.5. The van der Waals surface area contributed by atoms with Gasteiger partial charge >= 0.3 is 0 Å². The average molecular weight is 790 g/mol. The van der Waals surface area contributed by atoms with Gasteiger partial charge in [0.05, 0.1) is 33.1 Å². The zero-order valence-electron chi connectivity index (χ0n) is 30.0. The largest absolute Gasteiger partial charge is 0.371 e. The molecule has 12 heteroatoms. The van der Waals surface area contributed by atoms with Gasteiger partial charge in [-0.2, -0.15) is 4.98 Å². The summed E-state index contributed by atoms with van der Waals surface area (Å²) in [7, 11) is 0. The van der Waals surface area contributed by atoms with Crippen LogP contribution in [0.4, 0.5) is 5.69 Å². The summed E-state index contributed by atoms with van der Waals surface area (Å²) in [5.41, 5.74) is 6.01. The predicted octanol–water partition coefficient (Wildman–Crippen LogP) is 5.43. The van der Waals surface area contributed by atoms with Crippen LogP contribution in [0, 0.1) is 5.92 Å². The second-order valence-electron chi connectivity index (χ2n) is 16.2. The van der Waals surface area contributed by atoms with Gasteiger partial charge in [-0.1, -0.05) is 37.5 Å². The number of likely N-dealkylation sites (tertiary alicyclic amines) is 1. The molecule has 54 heavy (non-hydrogen) atoms. The van der Waals surface area contributed by atoms with Crippen molar-refractivity contribution in [2.24, 2.45) is 5.92 Å². The molecule has 1 N–H and O–H groups in total. The van der Waals surface area contributed by atoms with Gasteiger partial charge in [0.15, 0.2) is 0 Å². The van der Waals surface area contributed by atoms with Gasteiger partial charge in [0.1, 0.15) is 11.9 Å². The Bertz CT molecular complexity index is 2350. The highest BCUT2D eigenvalue weighted by atomic mass is 79.9. The van der Waals surface area contributed by atoms with E-state index < -0.39 is 23.8 Å². The molecule has 10 rings (SSSR count). The zero-order valence-corrected chi connectivity index (χ0v) is 31.6. The fourth-order valence-electron chi connectivity index (χ4n) is 10.3. The van der Waals surface area contributed by atoms with Crippen molar-refractivity contribution in [1.29, 1.82) is 0 Å². The topological polar surface area (TPSA) is 125 Å². The van der Waals surface area contributed by atoms with Crippen molar-refractivity contribution in [3.8, 4) is 5.69 Å². The molecule has 0 bridgehead atoms. The molecule has 1 saturated carbocycles. The first-order chi connectivity index (χ1) is 26.2. The van der Waals surface area contributed by atoms with E-state index in [-0.39, 0.29) is 29.7 Å². The fraction of sp³-hybridized carbons (Fsp3) is 0.429. The van der Waals surface area contributed by atoms with Crippen molar-refractivity contribution >= 4 is 56.1 Å². The Morgan fingerprint density at radius 3 is 2.41 bits per heavy atom. The molecule has 6 aliphatic rings. The van der Waals surface area contributed by atoms with Gasteiger partial charge in [0, 0.05) is 42.1 Å². The molecule has 5 aliphatic heterocycles. The number of amides is 4. The molecule has 276 valence electrons. The summed E-state index contributed by atoms with van der Waals surface area (Å²) in [6.07, 6.45) is 7.99. The molecular weight excluding hydrogens is 748 g/mol. The first kappa shape index (κ1) is 33.9. The molecule has 3 saturated heterocycles. The first-order valence-corrected chi connectivity index (χ1v) is 20.2. The maximum absolute atomic E-state index is 13.4. The van der Waals surface area contributed by atoms with E-state index in [1.165, 1.54) is 23.2 Å². The van der Waals surface area contributed by atoms with Crippen molar-refractivity contribution in [2.45, 2.75) is 75.2 Å². The summed E-state index contributed by atoms with van der Waals surface area (Å²) in [6.45, 7) is 4.88. The number of anilines is 1. The van der Waals surface area contributed by atoms with Crippen LogP contribution in [0.15, 0.2) is 63.9 Å². The molecule has 0 radical (unpaired) electrons. The lowest BCUT2D eigenvalue weighted by Gasteiger charge is -2.44. The number of fused-ring (bicyclic) bond motifs is 8. The van der Waals surface area contributed by atoms with E-state index >= 15 is 0 Å². The van der Waals surface area contributed by atoms with Crippen LogP contribution in [0.25, 0.3) is 16.6 Å². The molecule has 1 spiro atoms. The Balaban J connectivity index is 0.799. The molecule has 1 unspecified atom stereocenters. The van der Waals surface area contributed by atoms with Crippen molar-refractivity contribution in [2.75, 3.05) is 37.6 Å². The van der Waals surface area contributed by atoms with E-state index in [9.17, 15) is 24.0 Å². The van der Waals surface area contributed by atoms with Crippen LogP contribution in [0.5, 0.6) is 0 Å². The zero-order chi connectivity index (χ0) is 36.9. The number of hydrogen-bond donors (Lipinski definition) is 1. The van der Waals surface area contributed by atoms with Gasteiger partial charge in [-0.25, -0.2) is 0 Å². The Morgan fingerprint density at radius 1 is 0.852 bits per heavy atom. The molecule has 4 aromatic rings. The lowest BCUT2D eigenvalue weighted by Crippen LogP contribution is -2.54. The van der Waals surface area contributed by atoms with Crippen LogP contribution in [0.3, 0.4) is 0 Å². The number of imide groups is 2. The Kier molecular flexibility index (Phi) is 7.96. The lowest BCUT2D eigenvalue weighted by molar-refractivity contribution is -0.136. The number of carbonyl (C=O) groups is 4. The van der Waals surface area contributed by atoms with E-state index in [0.29, 0.717) is 28.3 Å². The summed E-state index contributed by atoms with van der Waals surface area (Å²) in [4.78, 5) is 74.6. The number of rotatable bonds is 5. The summed E-state index contributed by atoms with van der Waals surface area (Å²) in [5.74, 6) is -0.00579.